The van der Waals surface area contributed by atoms with Crippen molar-refractivity contribution in [3.63, 3.8) is 0 Å². The summed E-state index contributed by atoms with van der Waals surface area (Å²) in [5.41, 5.74) is 0. The summed E-state index contributed by atoms with van der Waals surface area (Å²) in [5, 5.41) is 9.02. The molecule has 0 bridgehead atoms. The molecule has 0 amide bonds. The van der Waals surface area contributed by atoms with Crippen molar-refractivity contribution in [1.82, 2.24) is 0 Å². The Balaban J connectivity index is 1.96. The molecule has 0 radical (unpaired) electrons. The van der Waals surface area contributed by atoms with Crippen LogP contribution >= 0.6 is 0 Å². The van der Waals surface area contributed by atoms with Gasteiger partial charge in [0, 0.05) is 0 Å². The molecule has 1 aliphatic rings. The van der Waals surface area contributed by atoms with Crippen molar-refractivity contribution in [2.24, 2.45) is 11.8 Å². The molecule has 1 N–H and O–H groups in total. The lowest BCUT2D eigenvalue weighted by atomic mass is 9.82. The van der Waals surface area contributed by atoms with Crippen molar-refractivity contribution in [3.8, 4) is 0 Å². The number of ether oxygens (including phenoxy) is 1. The van der Waals surface area contributed by atoms with Gasteiger partial charge in [0.2, 0.25) is 0 Å². The summed E-state index contributed by atoms with van der Waals surface area (Å²) in [6.07, 6.45) is 18.0. The molecule has 0 aromatic carbocycles. The first-order valence-corrected chi connectivity index (χ1v) is 11.5. The van der Waals surface area contributed by atoms with Gasteiger partial charge in [-0.25, -0.2) is 0 Å². The van der Waals surface area contributed by atoms with Crippen molar-refractivity contribution >= 4 is 11.9 Å². The molecule has 1 saturated carbocycles. The van der Waals surface area contributed by atoms with E-state index in [9.17, 15) is 9.59 Å². The SMILES string of the molecule is CCCCCCCCCCCCCC(C)OC(=O)C1CCC(C(=O)O)CC1. The number of carbonyl (C=O) groups is 2. The number of carboxylic acids is 1. The van der Waals surface area contributed by atoms with Crippen LogP contribution in [0.15, 0.2) is 0 Å². The van der Waals surface area contributed by atoms with Gasteiger partial charge in [-0.05, 0) is 45.4 Å². The van der Waals surface area contributed by atoms with Gasteiger partial charge in [-0.1, -0.05) is 71.1 Å². The van der Waals surface area contributed by atoms with Crippen LogP contribution in [0.5, 0.6) is 0 Å². The van der Waals surface area contributed by atoms with Gasteiger partial charge in [0.1, 0.15) is 0 Å². The zero-order chi connectivity index (χ0) is 19.9. The van der Waals surface area contributed by atoms with Crippen molar-refractivity contribution in [2.45, 2.75) is 123 Å². The van der Waals surface area contributed by atoms with Gasteiger partial charge >= 0.3 is 11.9 Å². The van der Waals surface area contributed by atoms with E-state index in [0.717, 1.165) is 12.8 Å². The lowest BCUT2D eigenvalue weighted by molar-refractivity contribution is -0.156. The molecule has 0 aromatic heterocycles. The molecule has 4 heteroatoms. The Labute approximate surface area is 166 Å². The van der Waals surface area contributed by atoms with Crippen LogP contribution in [0, 0.1) is 11.8 Å². The largest absolute Gasteiger partial charge is 0.481 e. The molecule has 0 aromatic rings. The van der Waals surface area contributed by atoms with E-state index in [1.54, 1.807) is 0 Å². The molecule has 1 fully saturated rings. The molecular weight excluding hydrogens is 340 g/mol. The normalized spacial score (nSPS) is 21.0. The third kappa shape index (κ3) is 11.4. The fourth-order valence-corrected chi connectivity index (χ4v) is 4.03. The van der Waals surface area contributed by atoms with Crippen LogP contribution in [-0.2, 0) is 14.3 Å². The summed E-state index contributed by atoms with van der Waals surface area (Å²) in [7, 11) is 0. The first-order chi connectivity index (χ1) is 13.0. The van der Waals surface area contributed by atoms with Crippen LogP contribution in [-0.4, -0.2) is 23.1 Å². The molecule has 4 nitrogen and oxygen atoms in total. The maximum atomic E-state index is 12.2. The summed E-state index contributed by atoms with van der Waals surface area (Å²) in [5.74, 6) is -1.22. The maximum absolute atomic E-state index is 12.2. The molecule has 1 aliphatic carbocycles. The lowest BCUT2D eigenvalue weighted by Crippen LogP contribution is -2.29. The van der Waals surface area contributed by atoms with E-state index in [0.29, 0.717) is 25.7 Å². The molecule has 1 unspecified atom stereocenters. The number of carbonyl (C=O) groups excluding carboxylic acids is 1. The Bertz CT molecular complexity index is 399. The van der Waals surface area contributed by atoms with E-state index in [2.05, 4.69) is 6.92 Å². The molecule has 27 heavy (non-hydrogen) atoms. The third-order valence-corrected chi connectivity index (χ3v) is 5.94. The van der Waals surface area contributed by atoms with Crippen molar-refractivity contribution < 1.29 is 19.4 Å². The summed E-state index contributed by atoms with van der Waals surface area (Å²) in [6.45, 7) is 4.24. The standard InChI is InChI=1S/C23H42O4/c1-3-4-5-6-7-8-9-10-11-12-13-14-19(2)27-23(26)21-17-15-20(16-18-21)22(24)25/h19-21H,3-18H2,1-2H3,(H,24,25). The van der Waals surface area contributed by atoms with Gasteiger partial charge in [0.15, 0.2) is 0 Å². The van der Waals surface area contributed by atoms with Crippen LogP contribution in [0.4, 0.5) is 0 Å². The number of hydrogen-bond acceptors (Lipinski definition) is 3. The van der Waals surface area contributed by atoms with Crippen LogP contribution in [0.2, 0.25) is 0 Å². The van der Waals surface area contributed by atoms with Crippen LogP contribution < -0.4 is 0 Å². The number of aliphatic carboxylic acids is 1. The summed E-state index contributed by atoms with van der Waals surface area (Å²) < 4.78 is 5.59. The van der Waals surface area contributed by atoms with Gasteiger partial charge in [-0.15, -0.1) is 0 Å². The second kappa shape index (κ2) is 14.9. The molecule has 1 atom stereocenters. The predicted octanol–water partition coefficient (Wildman–Crippen LogP) is 6.51. The summed E-state index contributed by atoms with van der Waals surface area (Å²) >= 11 is 0. The maximum Gasteiger partial charge on any atom is 0.309 e. The van der Waals surface area contributed by atoms with E-state index in [1.165, 1.54) is 64.2 Å². The molecule has 1 rings (SSSR count). The van der Waals surface area contributed by atoms with Gasteiger partial charge in [-0.3, -0.25) is 9.59 Å². The highest BCUT2D eigenvalue weighted by Crippen LogP contribution is 2.30. The number of carboxylic acid groups (broad SMARTS) is 1. The zero-order valence-electron chi connectivity index (χ0n) is 17.7. The van der Waals surface area contributed by atoms with E-state index in [1.807, 2.05) is 6.92 Å². The van der Waals surface area contributed by atoms with E-state index >= 15 is 0 Å². The highest BCUT2D eigenvalue weighted by Gasteiger charge is 2.31. The van der Waals surface area contributed by atoms with Crippen LogP contribution in [0.3, 0.4) is 0 Å². The number of rotatable bonds is 15. The van der Waals surface area contributed by atoms with Crippen LogP contribution in [0.1, 0.15) is 117 Å². The van der Waals surface area contributed by atoms with E-state index in [4.69, 9.17) is 9.84 Å². The monoisotopic (exact) mass is 382 g/mol. The minimum Gasteiger partial charge on any atom is -0.481 e. The van der Waals surface area contributed by atoms with Crippen LogP contribution in [0.25, 0.3) is 0 Å². The first-order valence-electron chi connectivity index (χ1n) is 11.5. The fourth-order valence-electron chi connectivity index (χ4n) is 4.03. The minimum absolute atomic E-state index is 0.0201. The predicted molar refractivity (Wildman–Crippen MR) is 110 cm³/mol. The molecule has 0 aliphatic heterocycles. The molecule has 0 saturated heterocycles. The van der Waals surface area contributed by atoms with E-state index < -0.39 is 5.97 Å². The van der Waals surface area contributed by atoms with Crippen molar-refractivity contribution in [2.75, 3.05) is 0 Å². The Morgan fingerprint density at radius 2 is 1.26 bits per heavy atom. The average Bonchev–Trinajstić information content (AvgIpc) is 2.66. The van der Waals surface area contributed by atoms with E-state index in [-0.39, 0.29) is 23.9 Å². The Hall–Kier alpha value is -1.06. The molecule has 0 spiro atoms. The second-order valence-corrected chi connectivity index (χ2v) is 8.46. The highest BCUT2D eigenvalue weighted by atomic mass is 16.5. The lowest BCUT2D eigenvalue weighted by Gasteiger charge is -2.25. The fraction of sp³-hybridized carbons (Fsp3) is 0.913. The summed E-state index contributed by atoms with van der Waals surface area (Å²) in [4.78, 5) is 23.2. The quantitative estimate of drug-likeness (QED) is 0.259. The molecule has 0 heterocycles. The van der Waals surface area contributed by atoms with Gasteiger partial charge in [0.25, 0.3) is 0 Å². The van der Waals surface area contributed by atoms with Gasteiger partial charge < -0.3 is 9.84 Å². The molecular formula is C23H42O4. The number of unbranched alkanes of at least 4 members (excludes halogenated alkanes) is 10. The number of hydrogen-bond donors (Lipinski definition) is 1. The van der Waals surface area contributed by atoms with Crippen molar-refractivity contribution in [1.29, 1.82) is 0 Å². The Kier molecular flexibility index (Phi) is 13.3. The highest BCUT2D eigenvalue weighted by molar-refractivity contribution is 5.74. The average molecular weight is 383 g/mol. The number of esters is 1. The van der Waals surface area contributed by atoms with Gasteiger partial charge in [0.05, 0.1) is 17.9 Å². The minimum atomic E-state index is -0.730. The van der Waals surface area contributed by atoms with Crippen molar-refractivity contribution in [3.05, 3.63) is 0 Å². The topological polar surface area (TPSA) is 63.6 Å². The smallest absolute Gasteiger partial charge is 0.309 e. The first kappa shape index (κ1) is 24.0. The van der Waals surface area contributed by atoms with Gasteiger partial charge in [-0.2, -0.15) is 0 Å². The second-order valence-electron chi connectivity index (χ2n) is 8.46. The molecule has 158 valence electrons. The zero-order valence-corrected chi connectivity index (χ0v) is 17.7. The third-order valence-electron chi connectivity index (χ3n) is 5.94. The Morgan fingerprint density at radius 3 is 1.74 bits per heavy atom. The Morgan fingerprint density at radius 1 is 0.815 bits per heavy atom. The summed E-state index contributed by atoms with van der Waals surface area (Å²) in [6, 6.07) is 0.